The van der Waals surface area contributed by atoms with Crippen molar-refractivity contribution in [3.05, 3.63) is 18.3 Å². The van der Waals surface area contributed by atoms with Gasteiger partial charge in [0.1, 0.15) is 6.04 Å². The summed E-state index contributed by atoms with van der Waals surface area (Å²) in [4.78, 5) is 4.10. The molecule has 0 saturated carbocycles. The van der Waals surface area contributed by atoms with Gasteiger partial charge in [-0.15, -0.1) is 0 Å². The van der Waals surface area contributed by atoms with Gasteiger partial charge < -0.3 is 15.4 Å². The van der Waals surface area contributed by atoms with Gasteiger partial charge >= 0.3 is 0 Å². The molecule has 2 atom stereocenters. The minimum Gasteiger partial charge on any atom is -0.391 e. The first-order chi connectivity index (χ1) is 7.58. The number of hydrogen-bond acceptors (Lipinski definition) is 6. The van der Waals surface area contributed by atoms with Gasteiger partial charge in [-0.05, 0) is 6.92 Å². The molecule has 2 aromatic rings. The van der Waals surface area contributed by atoms with Gasteiger partial charge in [-0.3, -0.25) is 4.68 Å². The third-order valence-corrected chi connectivity index (χ3v) is 2.21. The van der Waals surface area contributed by atoms with Gasteiger partial charge in [0.2, 0.25) is 11.7 Å². The Morgan fingerprint density at radius 2 is 2.31 bits per heavy atom. The van der Waals surface area contributed by atoms with Crippen molar-refractivity contribution in [3.8, 4) is 11.4 Å². The van der Waals surface area contributed by atoms with Crippen LogP contribution in [0.1, 0.15) is 18.9 Å². The molecule has 16 heavy (non-hydrogen) atoms. The van der Waals surface area contributed by atoms with Gasteiger partial charge in [0.25, 0.3) is 0 Å². The van der Waals surface area contributed by atoms with Crippen LogP contribution < -0.4 is 5.73 Å². The number of aryl methyl sites for hydroxylation is 1. The number of aliphatic hydroxyl groups is 1. The summed E-state index contributed by atoms with van der Waals surface area (Å²) >= 11 is 0. The lowest BCUT2D eigenvalue weighted by Crippen LogP contribution is -2.23. The maximum absolute atomic E-state index is 9.29. The van der Waals surface area contributed by atoms with Crippen LogP contribution in [0, 0.1) is 0 Å². The van der Waals surface area contributed by atoms with Crippen LogP contribution in [0.4, 0.5) is 0 Å². The van der Waals surface area contributed by atoms with E-state index in [0.717, 1.165) is 5.56 Å². The monoisotopic (exact) mass is 223 g/mol. The molecular weight excluding hydrogens is 210 g/mol. The Labute approximate surface area is 91.9 Å². The van der Waals surface area contributed by atoms with E-state index in [1.54, 1.807) is 31.0 Å². The summed E-state index contributed by atoms with van der Waals surface area (Å²) in [5, 5.41) is 17.1. The van der Waals surface area contributed by atoms with E-state index in [2.05, 4.69) is 15.2 Å². The number of hydrogen-bond donors (Lipinski definition) is 2. The fraction of sp³-hybridized carbons (Fsp3) is 0.444. The second-order valence-electron chi connectivity index (χ2n) is 3.63. The van der Waals surface area contributed by atoms with E-state index in [9.17, 15) is 5.11 Å². The summed E-state index contributed by atoms with van der Waals surface area (Å²) in [5.74, 6) is 0.632. The molecule has 2 rings (SSSR count). The van der Waals surface area contributed by atoms with Crippen LogP contribution in [-0.4, -0.2) is 31.1 Å². The fourth-order valence-corrected chi connectivity index (χ4v) is 1.23. The Morgan fingerprint density at radius 1 is 1.56 bits per heavy atom. The first-order valence-corrected chi connectivity index (χ1v) is 4.84. The molecule has 0 aromatic carbocycles. The molecule has 2 heterocycles. The van der Waals surface area contributed by atoms with Crippen LogP contribution in [-0.2, 0) is 7.05 Å². The largest absolute Gasteiger partial charge is 0.391 e. The van der Waals surface area contributed by atoms with E-state index < -0.39 is 12.1 Å². The quantitative estimate of drug-likeness (QED) is 0.750. The molecule has 3 N–H and O–H groups in total. The zero-order valence-electron chi connectivity index (χ0n) is 9.03. The van der Waals surface area contributed by atoms with Crippen molar-refractivity contribution in [3.63, 3.8) is 0 Å². The van der Waals surface area contributed by atoms with E-state index in [0.29, 0.717) is 5.82 Å². The van der Waals surface area contributed by atoms with E-state index in [-0.39, 0.29) is 5.89 Å². The summed E-state index contributed by atoms with van der Waals surface area (Å²) in [6.45, 7) is 1.57. The number of aromatic nitrogens is 4. The zero-order chi connectivity index (χ0) is 11.7. The summed E-state index contributed by atoms with van der Waals surface area (Å²) in [6, 6.07) is -0.669. The van der Waals surface area contributed by atoms with Gasteiger partial charge in [-0.1, -0.05) is 5.16 Å². The van der Waals surface area contributed by atoms with Gasteiger partial charge in [0, 0.05) is 13.2 Å². The van der Waals surface area contributed by atoms with Crippen LogP contribution in [0.25, 0.3) is 11.4 Å². The van der Waals surface area contributed by atoms with E-state index >= 15 is 0 Å². The lowest BCUT2D eigenvalue weighted by molar-refractivity contribution is 0.146. The summed E-state index contributed by atoms with van der Waals surface area (Å²) in [7, 11) is 1.80. The molecule has 86 valence electrons. The molecule has 0 saturated heterocycles. The number of nitrogens with two attached hydrogens (primary N) is 1. The standard InChI is InChI=1S/C9H13N5O2/c1-5(15)7(10)9-12-8(13-16-9)6-3-11-14(2)4-6/h3-5,7,15H,10H2,1-2H3/t5-,7+/m1/s1. The predicted octanol–water partition coefficient (Wildman–Crippen LogP) is -0.149. The van der Waals surface area contributed by atoms with Crippen molar-refractivity contribution in [2.75, 3.05) is 0 Å². The molecule has 0 aliphatic heterocycles. The molecule has 7 heteroatoms. The van der Waals surface area contributed by atoms with Crippen LogP contribution in [0.15, 0.2) is 16.9 Å². The van der Waals surface area contributed by atoms with Gasteiger partial charge in [0.05, 0.1) is 17.9 Å². The molecule has 0 spiro atoms. The van der Waals surface area contributed by atoms with Crippen molar-refractivity contribution in [2.24, 2.45) is 12.8 Å². The zero-order valence-corrected chi connectivity index (χ0v) is 9.03. The molecule has 0 bridgehead atoms. The Balaban J connectivity index is 2.26. The lowest BCUT2D eigenvalue weighted by Gasteiger charge is -2.08. The first kappa shape index (κ1) is 10.8. The van der Waals surface area contributed by atoms with Crippen LogP contribution in [0.3, 0.4) is 0 Å². The average molecular weight is 223 g/mol. The average Bonchev–Trinajstić information content (AvgIpc) is 2.84. The number of nitrogens with zero attached hydrogens (tertiary/aromatic N) is 4. The number of rotatable bonds is 3. The molecule has 0 unspecified atom stereocenters. The van der Waals surface area contributed by atoms with Crippen LogP contribution in [0.2, 0.25) is 0 Å². The highest BCUT2D eigenvalue weighted by Crippen LogP contribution is 2.18. The van der Waals surface area contributed by atoms with Crippen molar-refractivity contribution in [1.29, 1.82) is 0 Å². The van der Waals surface area contributed by atoms with Gasteiger partial charge in [0.15, 0.2) is 0 Å². The second-order valence-corrected chi connectivity index (χ2v) is 3.63. The van der Waals surface area contributed by atoms with Crippen molar-refractivity contribution >= 4 is 0 Å². The minimum absolute atomic E-state index is 0.217. The number of aliphatic hydroxyl groups excluding tert-OH is 1. The first-order valence-electron chi connectivity index (χ1n) is 4.84. The highest BCUT2D eigenvalue weighted by molar-refractivity contribution is 5.51. The molecule has 0 radical (unpaired) electrons. The molecule has 7 nitrogen and oxygen atoms in total. The Morgan fingerprint density at radius 3 is 2.88 bits per heavy atom. The van der Waals surface area contributed by atoms with E-state index in [4.69, 9.17) is 10.3 Å². The smallest absolute Gasteiger partial charge is 0.246 e. The molecule has 0 aliphatic rings. The second kappa shape index (κ2) is 4.03. The molecular formula is C9H13N5O2. The van der Waals surface area contributed by atoms with Crippen LogP contribution >= 0.6 is 0 Å². The molecule has 0 fully saturated rings. The molecule has 0 amide bonds. The van der Waals surface area contributed by atoms with E-state index in [1.807, 2.05) is 0 Å². The topological polar surface area (TPSA) is 103 Å². The Hall–Kier alpha value is -1.73. The molecule has 2 aromatic heterocycles. The lowest BCUT2D eigenvalue weighted by atomic mass is 10.2. The third-order valence-electron chi connectivity index (χ3n) is 2.21. The highest BCUT2D eigenvalue weighted by Gasteiger charge is 2.20. The van der Waals surface area contributed by atoms with Crippen molar-refractivity contribution < 1.29 is 9.63 Å². The molecule has 0 aliphatic carbocycles. The SMILES string of the molecule is C[C@@H](O)[C@H](N)c1nc(-c2cnn(C)c2)no1. The van der Waals surface area contributed by atoms with Crippen molar-refractivity contribution in [1.82, 2.24) is 19.9 Å². The van der Waals surface area contributed by atoms with E-state index in [1.165, 1.54) is 0 Å². The summed E-state index contributed by atoms with van der Waals surface area (Å²) < 4.78 is 6.61. The van der Waals surface area contributed by atoms with Crippen molar-refractivity contribution in [2.45, 2.75) is 19.1 Å². The third kappa shape index (κ3) is 1.95. The fourth-order valence-electron chi connectivity index (χ4n) is 1.23. The predicted molar refractivity (Wildman–Crippen MR) is 55.1 cm³/mol. The minimum atomic E-state index is -0.734. The maximum Gasteiger partial charge on any atom is 0.246 e. The Bertz CT molecular complexity index is 476. The normalized spacial score (nSPS) is 15.0. The van der Waals surface area contributed by atoms with Gasteiger partial charge in [-0.2, -0.15) is 10.1 Å². The van der Waals surface area contributed by atoms with Gasteiger partial charge in [-0.25, -0.2) is 0 Å². The summed E-state index contributed by atoms with van der Waals surface area (Å²) in [6.07, 6.45) is 2.66. The maximum atomic E-state index is 9.29. The highest BCUT2D eigenvalue weighted by atomic mass is 16.5. The Kier molecular flexibility index (Phi) is 2.71. The van der Waals surface area contributed by atoms with Crippen LogP contribution in [0.5, 0.6) is 0 Å². The summed E-state index contributed by atoms with van der Waals surface area (Å²) in [5.41, 5.74) is 6.41.